The Morgan fingerprint density at radius 3 is 2.03 bits per heavy atom. The second-order valence-electron chi connectivity index (χ2n) is 14.7. The molecule has 4 fully saturated rings. The fraction of sp³-hybridized carbons (Fsp3) is 0.964. The maximum atomic E-state index is 7.13. The van der Waals surface area contributed by atoms with Gasteiger partial charge in [-0.05, 0) is 132 Å². The normalized spacial score (nSPS) is 45.4. The average molecular weight is 508 g/mol. The van der Waals surface area contributed by atoms with Crippen molar-refractivity contribution >= 4 is 22.3 Å². The van der Waals surface area contributed by atoms with Crippen LogP contribution in [0.5, 0.6) is 0 Å². The fourth-order valence-electron chi connectivity index (χ4n) is 9.24. The van der Waals surface area contributed by atoms with Crippen molar-refractivity contribution in [1.29, 1.82) is 0 Å². The zero-order valence-electron chi connectivity index (χ0n) is 23.9. The van der Waals surface area contributed by atoms with E-state index in [1.165, 1.54) is 57.1 Å². The average Bonchev–Trinajstić information content (AvgIpc) is 3.04. The molecule has 4 saturated carbocycles. The Labute approximate surface area is 212 Å². The molecular weight excluding hydrogens is 454 g/mol. The van der Waals surface area contributed by atoms with E-state index in [4.69, 9.17) is 13.7 Å². The summed E-state index contributed by atoms with van der Waals surface area (Å²) in [5.41, 5.74) is 1.98. The molecule has 0 aromatic carbocycles. The van der Waals surface area contributed by atoms with Crippen molar-refractivity contribution in [3.05, 3.63) is 0 Å². The van der Waals surface area contributed by atoms with Gasteiger partial charge in [0.15, 0.2) is 16.6 Å². The highest BCUT2D eigenvalue weighted by Gasteiger charge is 2.63. The monoisotopic (exact) mass is 507 g/mol. The van der Waals surface area contributed by atoms with Crippen LogP contribution in [0.3, 0.4) is 0 Å². The van der Waals surface area contributed by atoms with E-state index in [1.54, 1.807) is 7.11 Å². The van der Waals surface area contributed by atoms with Crippen molar-refractivity contribution in [2.45, 2.75) is 124 Å². The van der Waals surface area contributed by atoms with Crippen molar-refractivity contribution < 1.29 is 13.7 Å². The number of hydrogen-bond donors (Lipinski definition) is 0. The summed E-state index contributed by atoms with van der Waals surface area (Å²) in [6.07, 6.45) is 11.2. The molecule has 0 bridgehead atoms. The molecule has 0 aromatic heterocycles. The van der Waals surface area contributed by atoms with E-state index >= 15 is 0 Å². The van der Waals surface area contributed by atoms with E-state index < -0.39 is 16.6 Å². The van der Waals surface area contributed by atoms with E-state index in [2.05, 4.69) is 65.2 Å². The van der Waals surface area contributed by atoms with Gasteiger partial charge >= 0.3 is 0 Å². The van der Waals surface area contributed by atoms with Crippen molar-refractivity contribution in [3.8, 4) is 0 Å². The summed E-state index contributed by atoms with van der Waals surface area (Å²) >= 11 is 0. The lowest BCUT2D eigenvalue weighted by Crippen LogP contribution is -2.60. The molecule has 9 atom stereocenters. The third-order valence-corrected chi connectivity index (χ3v) is 12.4. The van der Waals surface area contributed by atoms with E-state index in [0.717, 1.165) is 17.8 Å². The van der Waals surface area contributed by atoms with E-state index in [-0.39, 0.29) is 0 Å². The Morgan fingerprint density at radius 1 is 0.794 bits per heavy atom. The molecule has 0 heterocycles. The van der Waals surface area contributed by atoms with E-state index in [1.807, 2.05) is 0 Å². The molecule has 0 radical (unpaired) electrons. The summed E-state index contributed by atoms with van der Waals surface area (Å²) in [6.45, 7) is 21.7. The summed E-state index contributed by atoms with van der Waals surface area (Å²) in [6, 6.07) is 0. The molecule has 4 aliphatic rings. The van der Waals surface area contributed by atoms with Crippen molar-refractivity contribution in [2.24, 2.45) is 45.6 Å². The molecule has 4 rings (SSSR count). The predicted octanol–water partition coefficient (Wildman–Crippen LogP) is 7.72. The molecule has 196 valence electrons. The van der Waals surface area contributed by atoms with Gasteiger partial charge in [0.05, 0.1) is 5.71 Å². The predicted molar refractivity (Wildman–Crippen MR) is 147 cm³/mol. The number of rotatable bonds is 6. The first-order valence-electron chi connectivity index (χ1n) is 14.1. The van der Waals surface area contributed by atoms with Crippen LogP contribution in [0.1, 0.15) is 72.1 Å². The van der Waals surface area contributed by atoms with Crippen molar-refractivity contribution in [2.75, 3.05) is 7.11 Å². The van der Waals surface area contributed by atoms with Crippen molar-refractivity contribution in [3.63, 3.8) is 0 Å². The van der Waals surface area contributed by atoms with Gasteiger partial charge in [0.25, 0.3) is 0 Å². The van der Waals surface area contributed by atoms with Crippen LogP contribution in [-0.2, 0) is 13.7 Å². The van der Waals surface area contributed by atoms with Crippen LogP contribution in [0.4, 0.5) is 0 Å². The lowest BCUT2D eigenvalue weighted by atomic mass is 9.44. The lowest BCUT2D eigenvalue weighted by Gasteiger charge is -2.63. The Bertz CT molecular complexity index is 775. The second-order valence-corrected chi connectivity index (χ2v) is 23.6. The maximum Gasteiger partial charge on any atom is 0.184 e. The Kier molecular flexibility index (Phi) is 7.34. The molecule has 4 nitrogen and oxygen atoms in total. The van der Waals surface area contributed by atoms with Crippen LogP contribution in [-0.4, -0.2) is 41.7 Å². The number of hydrogen-bond acceptors (Lipinski definition) is 4. The third kappa shape index (κ3) is 4.99. The first-order chi connectivity index (χ1) is 15.7. The summed E-state index contributed by atoms with van der Waals surface area (Å²) in [5, 5.41) is 4.42. The van der Waals surface area contributed by atoms with Crippen molar-refractivity contribution in [1.82, 2.24) is 0 Å². The Hall–Kier alpha value is -0.176. The molecule has 6 heteroatoms. The zero-order valence-corrected chi connectivity index (χ0v) is 25.9. The molecule has 0 N–H and O–H groups in total. The number of oxime groups is 1. The summed E-state index contributed by atoms with van der Waals surface area (Å²) < 4.78 is 13.8. The van der Waals surface area contributed by atoms with Crippen LogP contribution in [0.15, 0.2) is 5.16 Å². The molecule has 4 aliphatic carbocycles. The molecular formula is C28H53NO3Si2. The topological polar surface area (TPSA) is 40.0 Å². The van der Waals surface area contributed by atoms with Gasteiger partial charge in [-0.15, -0.1) is 0 Å². The minimum Gasteiger partial charge on any atom is -0.415 e. The number of nitrogens with zero attached hydrogens (tertiary/aromatic N) is 1. The van der Waals surface area contributed by atoms with Gasteiger partial charge < -0.3 is 13.7 Å². The minimum atomic E-state index is -1.64. The molecule has 0 aromatic rings. The molecule has 0 saturated heterocycles. The van der Waals surface area contributed by atoms with Gasteiger partial charge in [0, 0.05) is 18.1 Å². The lowest BCUT2D eigenvalue weighted by molar-refractivity contribution is -0.164. The maximum absolute atomic E-state index is 7.13. The second kappa shape index (κ2) is 9.29. The largest absolute Gasteiger partial charge is 0.415 e. The first kappa shape index (κ1) is 26.9. The molecule has 0 amide bonds. The quantitative estimate of drug-likeness (QED) is 0.210. The van der Waals surface area contributed by atoms with E-state index in [0.29, 0.717) is 34.9 Å². The van der Waals surface area contributed by atoms with Gasteiger partial charge in [-0.25, -0.2) is 0 Å². The van der Waals surface area contributed by atoms with Gasteiger partial charge in [-0.3, -0.25) is 0 Å². The summed E-state index contributed by atoms with van der Waals surface area (Å²) in [7, 11) is -1.47. The highest BCUT2D eigenvalue weighted by Crippen LogP contribution is 2.68. The smallest absolute Gasteiger partial charge is 0.184 e. The van der Waals surface area contributed by atoms with Crippen LogP contribution in [0.2, 0.25) is 39.3 Å². The molecule has 0 aliphatic heterocycles. The SMILES string of the molecule is CO/N=C(/C)C1CCC2C3C(O[Si](C)(C)C)CC4CC(O[Si](C)(C)C)CCC4(C)C3CCC12C. The minimum absolute atomic E-state index is 0.329. The highest BCUT2D eigenvalue weighted by molar-refractivity contribution is 6.70. The Balaban J connectivity index is 1.65. The summed E-state index contributed by atoms with van der Waals surface area (Å²) in [5.74, 6) is 3.52. The van der Waals surface area contributed by atoms with Gasteiger partial charge in [-0.2, -0.15) is 0 Å². The van der Waals surface area contributed by atoms with Crippen LogP contribution >= 0.6 is 0 Å². The van der Waals surface area contributed by atoms with Gasteiger partial charge in [0.2, 0.25) is 0 Å². The van der Waals surface area contributed by atoms with Gasteiger partial charge in [-0.1, -0.05) is 19.0 Å². The molecule has 34 heavy (non-hydrogen) atoms. The Morgan fingerprint density at radius 2 is 1.41 bits per heavy atom. The highest BCUT2D eigenvalue weighted by atomic mass is 28.4. The number of fused-ring (bicyclic) bond motifs is 5. The van der Waals surface area contributed by atoms with Crippen LogP contribution < -0.4 is 0 Å². The fourth-order valence-corrected chi connectivity index (χ4v) is 11.6. The van der Waals surface area contributed by atoms with E-state index in [9.17, 15) is 0 Å². The summed E-state index contributed by atoms with van der Waals surface area (Å²) in [4.78, 5) is 5.23. The molecule has 0 spiro atoms. The third-order valence-electron chi connectivity index (χ3n) is 10.4. The van der Waals surface area contributed by atoms with Crippen LogP contribution in [0, 0.1) is 40.4 Å². The first-order valence-corrected chi connectivity index (χ1v) is 20.9. The standard InChI is InChI=1S/C28H53NO3Si2/c1-19(29-30-4)22-11-12-23-26-24(14-16-28(22,23)3)27(2)15-13-21(31-33(5,6)7)17-20(27)18-25(26)32-34(8,9)10/h20-26H,11-18H2,1-10H3/b29-19-. The van der Waals surface area contributed by atoms with Crippen LogP contribution in [0.25, 0.3) is 0 Å². The zero-order chi connectivity index (χ0) is 25.1. The molecule has 9 unspecified atom stereocenters. The van der Waals surface area contributed by atoms with Gasteiger partial charge in [0.1, 0.15) is 7.11 Å².